The molecule has 0 aromatic carbocycles. The third-order valence-electron chi connectivity index (χ3n) is 4.12. The number of amides is 1. The van der Waals surface area contributed by atoms with Gasteiger partial charge in [-0.1, -0.05) is 0 Å². The molecule has 2 fully saturated rings. The standard InChI is InChI=1S/C14H23NO4/c1-13(2,3)19-12(17)15-14(11(16)18-4)8-9-5-6-10(14)7-9/h9-10H,5-8H2,1-4H3,(H,15,17). The van der Waals surface area contributed by atoms with Crippen LogP contribution < -0.4 is 5.32 Å². The van der Waals surface area contributed by atoms with Crippen molar-refractivity contribution in [3.05, 3.63) is 0 Å². The number of hydrogen-bond acceptors (Lipinski definition) is 4. The highest BCUT2D eigenvalue weighted by atomic mass is 16.6. The molecule has 2 saturated carbocycles. The molecule has 0 saturated heterocycles. The van der Waals surface area contributed by atoms with Gasteiger partial charge in [0.05, 0.1) is 7.11 Å². The summed E-state index contributed by atoms with van der Waals surface area (Å²) in [4.78, 5) is 24.1. The number of fused-ring (bicyclic) bond motifs is 2. The lowest BCUT2D eigenvalue weighted by atomic mass is 9.81. The van der Waals surface area contributed by atoms with Crippen LogP contribution in [0.5, 0.6) is 0 Å². The number of carbonyl (C=O) groups excluding carboxylic acids is 2. The Labute approximate surface area is 114 Å². The summed E-state index contributed by atoms with van der Waals surface area (Å²) in [6.07, 6.45) is 3.23. The Balaban J connectivity index is 2.12. The molecule has 0 aromatic rings. The van der Waals surface area contributed by atoms with Crippen LogP contribution in [0.1, 0.15) is 46.5 Å². The molecule has 3 atom stereocenters. The average Bonchev–Trinajstić information content (AvgIpc) is 2.85. The van der Waals surface area contributed by atoms with Crippen molar-refractivity contribution in [3.63, 3.8) is 0 Å². The Morgan fingerprint density at radius 3 is 2.37 bits per heavy atom. The zero-order chi connectivity index (χ0) is 14.3. The first-order valence-corrected chi connectivity index (χ1v) is 6.86. The van der Waals surface area contributed by atoms with E-state index < -0.39 is 17.2 Å². The van der Waals surface area contributed by atoms with Gasteiger partial charge in [-0.3, -0.25) is 0 Å². The van der Waals surface area contributed by atoms with Gasteiger partial charge < -0.3 is 14.8 Å². The summed E-state index contributed by atoms with van der Waals surface area (Å²) in [5.74, 6) is 0.349. The normalized spacial score (nSPS) is 33.1. The second kappa shape index (κ2) is 4.69. The third kappa shape index (κ3) is 2.69. The summed E-state index contributed by atoms with van der Waals surface area (Å²) < 4.78 is 10.2. The maximum atomic E-state index is 12.1. The van der Waals surface area contributed by atoms with Gasteiger partial charge in [0, 0.05) is 0 Å². The van der Waals surface area contributed by atoms with Gasteiger partial charge in [0.2, 0.25) is 0 Å². The fourth-order valence-corrected chi connectivity index (χ4v) is 3.45. The summed E-state index contributed by atoms with van der Waals surface area (Å²) >= 11 is 0. The topological polar surface area (TPSA) is 64.6 Å². The lowest BCUT2D eigenvalue weighted by molar-refractivity contribution is -0.151. The van der Waals surface area contributed by atoms with Crippen LogP contribution in [0.3, 0.4) is 0 Å². The van der Waals surface area contributed by atoms with Crippen molar-refractivity contribution in [2.24, 2.45) is 11.8 Å². The molecular formula is C14H23NO4. The summed E-state index contributed by atoms with van der Waals surface area (Å²) in [7, 11) is 1.37. The highest BCUT2D eigenvalue weighted by Gasteiger charge is 2.57. The van der Waals surface area contributed by atoms with Crippen molar-refractivity contribution >= 4 is 12.1 Å². The Hall–Kier alpha value is -1.26. The zero-order valence-corrected chi connectivity index (χ0v) is 12.1. The van der Waals surface area contributed by atoms with E-state index in [1.54, 1.807) is 20.8 Å². The molecule has 5 nitrogen and oxygen atoms in total. The molecule has 19 heavy (non-hydrogen) atoms. The minimum atomic E-state index is -0.875. The lowest BCUT2D eigenvalue weighted by Gasteiger charge is -2.36. The van der Waals surface area contributed by atoms with E-state index in [1.807, 2.05) is 0 Å². The largest absolute Gasteiger partial charge is 0.467 e. The van der Waals surface area contributed by atoms with Crippen LogP contribution in [0, 0.1) is 11.8 Å². The van der Waals surface area contributed by atoms with Crippen LogP contribution in [-0.4, -0.2) is 30.3 Å². The van der Waals surface area contributed by atoms with Gasteiger partial charge in [-0.05, 0) is 58.3 Å². The van der Waals surface area contributed by atoms with E-state index in [0.29, 0.717) is 12.3 Å². The summed E-state index contributed by atoms with van der Waals surface area (Å²) in [5, 5.41) is 2.80. The molecule has 0 spiro atoms. The van der Waals surface area contributed by atoms with Crippen LogP contribution in [0.2, 0.25) is 0 Å². The van der Waals surface area contributed by atoms with Gasteiger partial charge in [0.1, 0.15) is 11.1 Å². The van der Waals surface area contributed by atoms with Crippen molar-refractivity contribution in [3.8, 4) is 0 Å². The maximum Gasteiger partial charge on any atom is 0.408 e. The molecule has 0 aromatic heterocycles. The molecule has 0 radical (unpaired) electrons. The van der Waals surface area contributed by atoms with E-state index in [4.69, 9.17) is 9.47 Å². The fraction of sp³-hybridized carbons (Fsp3) is 0.857. The Bertz CT molecular complexity index is 387. The number of nitrogens with one attached hydrogen (secondary N) is 1. The molecule has 2 rings (SSSR count). The summed E-state index contributed by atoms with van der Waals surface area (Å²) in [6.45, 7) is 5.41. The second-order valence-electron chi connectivity index (χ2n) is 6.67. The van der Waals surface area contributed by atoms with Gasteiger partial charge in [-0.25, -0.2) is 9.59 Å². The summed E-state index contributed by atoms with van der Waals surface area (Å²) in [6, 6.07) is 0. The number of esters is 1. The van der Waals surface area contributed by atoms with Crippen LogP contribution in [-0.2, 0) is 14.3 Å². The quantitative estimate of drug-likeness (QED) is 0.781. The van der Waals surface area contributed by atoms with Crippen LogP contribution in [0.25, 0.3) is 0 Å². The van der Waals surface area contributed by atoms with E-state index in [2.05, 4.69) is 5.32 Å². The number of ether oxygens (including phenoxy) is 2. The monoisotopic (exact) mass is 269 g/mol. The molecule has 0 aliphatic heterocycles. The predicted octanol–water partition coefficient (Wildman–Crippen LogP) is 2.24. The van der Waals surface area contributed by atoms with E-state index in [0.717, 1.165) is 19.3 Å². The molecular weight excluding hydrogens is 246 g/mol. The smallest absolute Gasteiger partial charge is 0.408 e. The SMILES string of the molecule is COC(=O)C1(NC(=O)OC(C)(C)C)CC2CCC1C2. The third-order valence-corrected chi connectivity index (χ3v) is 4.12. The van der Waals surface area contributed by atoms with E-state index in [1.165, 1.54) is 7.11 Å². The van der Waals surface area contributed by atoms with Crippen molar-refractivity contribution in [2.75, 3.05) is 7.11 Å². The summed E-state index contributed by atoms with van der Waals surface area (Å²) in [5.41, 5.74) is -1.45. The molecule has 1 amide bonds. The highest BCUT2D eigenvalue weighted by Crippen LogP contribution is 2.51. The molecule has 5 heteroatoms. The van der Waals surface area contributed by atoms with E-state index in [-0.39, 0.29) is 11.9 Å². The number of hydrogen-bond donors (Lipinski definition) is 1. The van der Waals surface area contributed by atoms with Crippen molar-refractivity contribution in [1.29, 1.82) is 0 Å². The predicted molar refractivity (Wildman–Crippen MR) is 69.6 cm³/mol. The maximum absolute atomic E-state index is 12.1. The van der Waals surface area contributed by atoms with Crippen LogP contribution in [0.4, 0.5) is 4.79 Å². The molecule has 108 valence electrons. The van der Waals surface area contributed by atoms with Crippen molar-refractivity contribution in [1.82, 2.24) is 5.32 Å². The average molecular weight is 269 g/mol. The minimum absolute atomic E-state index is 0.178. The molecule has 1 N–H and O–H groups in total. The number of alkyl carbamates (subject to hydrolysis) is 1. The lowest BCUT2D eigenvalue weighted by Crippen LogP contribution is -2.59. The van der Waals surface area contributed by atoms with Gasteiger partial charge in [0.15, 0.2) is 0 Å². The molecule has 0 heterocycles. The van der Waals surface area contributed by atoms with E-state index >= 15 is 0 Å². The first-order valence-electron chi connectivity index (χ1n) is 6.86. The van der Waals surface area contributed by atoms with Gasteiger partial charge in [0.25, 0.3) is 0 Å². The number of methoxy groups -OCH3 is 1. The van der Waals surface area contributed by atoms with Crippen molar-refractivity contribution < 1.29 is 19.1 Å². The highest BCUT2D eigenvalue weighted by molar-refractivity contribution is 5.87. The fourth-order valence-electron chi connectivity index (χ4n) is 3.45. The van der Waals surface area contributed by atoms with Crippen LogP contribution >= 0.6 is 0 Å². The minimum Gasteiger partial charge on any atom is -0.467 e. The zero-order valence-electron chi connectivity index (χ0n) is 12.1. The van der Waals surface area contributed by atoms with E-state index in [9.17, 15) is 9.59 Å². The van der Waals surface area contributed by atoms with Crippen molar-refractivity contribution in [2.45, 2.75) is 57.6 Å². The molecule has 2 bridgehead atoms. The Kier molecular flexibility index (Phi) is 3.49. The first-order chi connectivity index (χ1) is 8.77. The van der Waals surface area contributed by atoms with Gasteiger partial charge in [-0.2, -0.15) is 0 Å². The Morgan fingerprint density at radius 1 is 1.26 bits per heavy atom. The molecule has 2 aliphatic rings. The van der Waals surface area contributed by atoms with Gasteiger partial charge >= 0.3 is 12.1 Å². The second-order valence-corrected chi connectivity index (χ2v) is 6.67. The number of rotatable bonds is 2. The number of carbonyl (C=O) groups is 2. The first kappa shape index (κ1) is 14.2. The van der Waals surface area contributed by atoms with Crippen LogP contribution in [0.15, 0.2) is 0 Å². The Morgan fingerprint density at radius 2 is 1.95 bits per heavy atom. The molecule has 2 aliphatic carbocycles. The van der Waals surface area contributed by atoms with Gasteiger partial charge in [-0.15, -0.1) is 0 Å². The molecule has 3 unspecified atom stereocenters.